The Bertz CT molecular complexity index is 1090. The van der Waals surface area contributed by atoms with Gasteiger partial charge in [-0.25, -0.2) is 0 Å². The van der Waals surface area contributed by atoms with Crippen molar-refractivity contribution in [1.82, 2.24) is 4.90 Å². The van der Waals surface area contributed by atoms with Crippen LogP contribution in [-0.4, -0.2) is 29.1 Å². The number of alkyl halides is 3. The first-order valence-corrected chi connectivity index (χ1v) is 11.1. The fourth-order valence-electron chi connectivity index (χ4n) is 3.62. The molecule has 1 N–H and O–H groups in total. The molecule has 3 aromatic carbocycles. The summed E-state index contributed by atoms with van der Waals surface area (Å²) in [6, 6.07) is 20.5. The summed E-state index contributed by atoms with van der Waals surface area (Å²) in [7, 11) is 0. The first-order chi connectivity index (χ1) is 16.2. The van der Waals surface area contributed by atoms with Crippen molar-refractivity contribution in [3.63, 3.8) is 0 Å². The lowest BCUT2D eigenvalue weighted by Crippen LogP contribution is -2.25. The second-order valence-electron chi connectivity index (χ2n) is 7.89. The van der Waals surface area contributed by atoms with Crippen LogP contribution in [-0.2, 0) is 30.5 Å². The van der Waals surface area contributed by atoms with Crippen LogP contribution in [0.4, 0.5) is 13.2 Å². The largest absolute Gasteiger partial charge is 0.494 e. The number of hydrogen-bond donors (Lipinski definition) is 1. The number of carboxylic acids is 1. The Kier molecular flexibility index (Phi) is 8.96. The third kappa shape index (κ3) is 7.78. The predicted octanol–water partition coefficient (Wildman–Crippen LogP) is 6.46. The van der Waals surface area contributed by atoms with Crippen molar-refractivity contribution in [2.24, 2.45) is 0 Å². The molecule has 0 aliphatic rings. The minimum absolute atomic E-state index is 0.0835. The molecule has 0 saturated carbocycles. The van der Waals surface area contributed by atoms with Crippen molar-refractivity contribution >= 4 is 17.6 Å². The summed E-state index contributed by atoms with van der Waals surface area (Å²) < 4.78 is 45.6. The molecule has 0 aliphatic heterocycles. The average Bonchev–Trinajstić information content (AvgIpc) is 2.78. The maximum absolute atomic E-state index is 13.3. The zero-order valence-electron chi connectivity index (χ0n) is 18.4. The van der Waals surface area contributed by atoms with Gasteiger partial charge in [-0.05, 0) is 41.3 Å². The van der Waals surface area contributed by atoms with E-state index >= 15 is 0 Å². The van der Waals surface area contributed by atoms with E-state index in [0.29, 0.717) is 43.0 Å². The average molecular weight is 492 g/mol. The number of benzene rings is 3. The van der Waals surface area contributed by atoms with Crippen LogP contribution in [0.5, 0.6) is 5.75 Å². The maximum Gasteiger partial charge on any atom is 0.417 e. The van der Waals surface area contributed by atoms with Crippen LogP contribution >= 0.6 is 11.6 Å². The Balaban J connectivity index is 1.66. The van der Waals surface area contributed by atoms with Gasteiger partial charge in [0.2, 0.25) is 0 Å². The quantitative estimate of drug-likeness (QED) is 0.313. The van der Waals surface area contributed by atoms with Crippen LogP contribution in [0.2, 0.25) is 5.02 Å². The molecular formula is C26H25ClF3NO3. The van der Waals surface area contributed by atoms with Gasteiger partial charge in [-0.1, -0.05) is 66.2 Å². The van der Waals surface area contributed by atoms with Crippen LogP contribution in [0.25, 0.3) is 0 Å². The Hall–Kier alpha value is -3.03. The molecule has 0 aromatic heterocycles. The molecule has 4 nitrogen and oxygen atoms in total. The van der Waals surface area contributed by atoms with Gasteiger partial charge in [-0.15, -0.1) is 0 Å². The molecule has 0 unspecified atom stereocenters. The van der Waals surface area contributed by atoms with Gasteiger partial charge in [0.25, 0.3) is 0 Å². The molecule has 0 saturated heterocycles. The third-order valence-electron chi connectivity index (χ3n) is 5.17. The topological polar surface area (TPSA) is 49.8 Å². The van der Waals surface area contributed by atoms with Crippen molar-refractivity contribution in [3.05, 3.63) is 100 Å². The predicted molar refractivity (Wildman–Crippen MR) is 125 cm³/mol. The standard InChI is InChI=1S/C26H25ClF3NO3/c27-25-21(10-5-12-23(25)26(28,29)30)18-31(17-19-7-2-1-3-8-19)13-6-14-34-22-11-4-9-20(15-22)16-24(32)33/h1-5,7-12,15H,6,13-14,16-18H2,(H,32,33). The summed E-state index contributed by atoms with van der Waals surface area (Å²) in [5.74, 6) is -0.337. The Morgan fingerprint density at radius 1 is 0.941 bits per heavy atom. The van der Waals surface area contributed by atoms with E-state index in [9.17, 15) is 18.0 Å². The smallest absolute Gasteiger partial charge is 0.417 e. The number of carboxylic acid groups (broad SMARTS) is 1. The molecule has 0 amide bonds. The molecule has 0 spiro atoms. The van der Waals surface area contributed by atoms with Crippen molar-refractivity contribution in [1.29, 1.82) is 0 Å². The van der Waals surface area contributed by atoms with E-state index in [1.54, 1.807) is 30.3 Å². The molecule has 34 heavy (non-hydrogen) atoms. The van der Waals surface area contributed by atoms with E-state index in [4.69, 9.17) is 21.4 Å². The van der Waals surface area contributed by atoms with Gasteiger partial charge in [-0.2, -0.15) is 13.2 Å². The summed E-state index contributed by atoms with van der Waals surface area (Å²) in [5.41, 5.74) is 1.26. The molecule has 0 heterocycles. The highest BCUT2D eigenvalue weighted by atomic mass is 35.5. The van der Waals surface area contributed by atoms with Crippen LogP contribution in [0.1, 0.15) is 28.7 Å². The lowest BCUT2D eigenvalue weighted by atomic mass is 10.1. The van der Waals surface area contributed by atoms with Gasteiger partial charge in [0, 0.05) is 19.6 Å². The van der Waals surface area contributed by atoms with Gasteiger partial charge >= 0.3 is 12.1 Å². The highest BCUT2D eigenvalue weighted by Crippen LogP contribution is 2.36. The molecule has 3 rings (SSSR count). The van der Waals surface area contributed by atoms with E-state index < -0.39 is 17.7 Å². The number of hydrogen-bond acceptors (Lipinski definition) is 3. The number of nitrogens with zero attached hydrogens (tertiary/aromatic N) is 1. The zero-order chi connectivity index (χ0) is 24.6. The summed E-state index contributed by atoms with van der Waals surface area (Å²) in [6.45, 7) is 1.74. The number of ether oxygens (including phenoxy) is 1. The first kappa shape index (κ1) is 25.6. The van der Waals surface area contributed by atoms with Gasteiger partial charge < -0.3 is 9.84 Å². The third-order valence-corrected chi connectivity index (χ3v) is 5.61. The van der Waals surface area contributed by atoms with Crippen molar-refractivity contribution in [3.8, 4) is 5.75 Å². The molecule has 0 radical (unpaired) electrons. The highest BCUT2D eigenvalue weighted by molar-refractivity contribution is 6.32. The molecule has 180 valence electrons. The lowest BCUT2D eigenvalue weighted by Gasteiger charge is -2.24. The Morgan fingerprint density at radius 2 is 1.65 bits per heavy atom. The molecule has 0 atom stereocenters. The minimum atomic E-state index is -4.51. The van der Waals surface area contributed by atoms with E-state index in [1.807, 2.05) is 35.2 Å². The highest BCUT2D eigenvalue weighted by Gasteiger charge is 2.33. The second kappa shape index (κ2) is 11.9. The van der Waals surface area contributed by atoms with Gasteiger partial charge in [-0.3, -0.25) is 9.69 Å². The summed E-state index contributed by atoms with van der Waals surface area (Å²) in [6.07, 6.45) is -3.98. The number of halogens is 4. The Morgan fingerprint density at radius 3 is 2.35 bits per heavy atom. The zero-order valence-corrected chi connectivity index (χ0v) is 19.1. The SMILES string of the molecule is O=C(O)Cc1cccc(OCCCN(Cc2ccccc2)Cc2cccc(C(F)(F)F)c2Cl)c1. The maximum atomic E-state index is 13.3. The van der Waals surface area contributed by atoms with E-state index in [2.05, 4.69) is 0 Å². The Labute approximate surface area is 201 Å². The van der Waals surface area contributed by atoms with E-state index in [1.165, 1.54) is 6.07 Å². The summed E-state index contributed by atoms with van der Waals surface area (Å²) in [4.78, 5) is 12.9. The van der Waals surface area contributed by atoms with E-state index in [0.717, 1.165) is 11.6 Å². The first-order valence-electron chi connectivity index (χ1n) is 10.8. The van der Waals surface area contributed by atoms with Crippen LogP contribution in [0.15, 0.2) is 72.8 Å². The van der Waals surface area contributed by atoms with Gasteiger partial charge in [0.05, 0.1) is 23.6 Å². The molecule has 3 aromatic rings. The molecular weight excluding hydrogens is 467 g/mol. The molecule has 0 fully saturated rings. The summed E-state index contributed by atoms with van der Waals surface area (Å²) in [5, 5.41) is 8.66. The van der Waals surface area contributed by atoms with Crippen LogP contribution in [0.3, 0.4) is 0 Å². The van der Waals surface area contributed by atoms with Gasteiger partial charge in [0.15, 0.2) is 0 Å². The fraction of sp³-hybridized carbons (Fsp3) is 0.269. The monoisotopic (exact) mass is 491 g/mol. The van der Waals surface area contributed by atoms with Crippen LogP contribution in [0, 0.1) is 0 Å². The normalized spacial score (nSPS) is 11.6. The number of carbonyl (C=O) groups is 1. The molecule has 8 heteroatoms. The van der Waals surface area contributed by atoms with Crippen LogP contribution < -0.4 is 4.74 Å². The van der Waals surface area contributed by atoms with Crippen molar-refractivity contribution < 1.29 is 27.8 Å². The summed E-state index contributed by atoms with van der Waals surface area (Å²) >= 11 is 6.12. The minimum Gasteiger partial charge on any atom is -0.494 e. The van der Waals surface area contributed by atoms with Gasteiger partial charge in [0.1, 0.15) is 5.75 Å². The second-order valence-corrected chi connectivity index (χ2v) is 8.27. The van der Waals surface area contributed by atoms with E-state index in [-0.39, 0.29) is 18.0 Å². The van der Waals surface area contributed by atoms with Crippen molar-refractivity contribution in [2.75, 3.05) is 13.2 Å². The van der Waals surface area contributed by atoms with Crippen molar-refractivity contribution in [2.45, 2.75) is 32.1 Å². The molecule has 0 aliphatic carbocycles. The molecule has 0 bridgehead atoms. The number of aliphatic carboxylic acids is 1. The number of rotatable bonds is 11. The lowest BCUT2D eigenvalue weighted by molar-refractivity contribution is -0.138. The fourth-order valence-corrected chi connectivity index (χ4v) is 3.91.